The second-order valence-corrected chi connectivity index (χ2v) is 4.36. The second kappa shape index (κ2) is 3.29. The van der Waals surface area contributed by atoms with Crippen LogP contribution in [0.15, 0.2) is 17.5 Å². The molecule has 0 amide bonds. The molecule has 68 valence electrons. The average Bonchev–Trinajstić information content (AvgIpc) is 2.46. The number of aliphatic hydroxyl groups is 1. The summed E-state index contributed by atoms with van der Waals surface area (Å²) < 4.78 is 1.15. The van der Waals surface area contributed by atoms with Crippen LogP contribution in [0.4, 0.5) is 0 Å². The highest BCUT2D eigenvalue weighted by Gasteiger charge is 2.06. The van der Waals surface area contributed by atoms with Crippen molar-refractivity contribution in [3.63, 3.8) is 0 Å². The van der Waals surface area contributed by atoms with Crippen LogP contribution in [0.25, 0.3) is 10.1 Å². The quantitative estimate of drug-likeness (QED) is 0.769. The van der Waals surface area contributed by atoms with E-state index in [2.05, 4.69) is 5.38 Å². The van der Waals surface area contributed by atoms with Crippen LogP contribution in [0.1, 0.15) is 11.1 Å². The Kier molecular flexibility index (Phi) is 2.28. The zero-order valence-electron chi connectivity index (χ0n) is 7.17. The van der Waals surface area contributed by atoms with Crippen molar-refractivity contribution in [2.45, 2.75) is 13.5 Å². The number of hydrogen-bond donors (Lipinski definition) is 1. The highest BCUT2D eigenvalue weighted by molar-refractivity contribution is 7.17. The molecule has 0 atom stereocenters. The molecule has 0 aliphatic heterocycles. The molecular formula is C10H9ClOS. The molecule has 1 aromatic heterocycles. The summed E-state index contributed by atoms with van der Waals surface area (Å²) in [6, 6.07) is 3.76. The molecule has 13 heavy (non-hydrogen) atoms. The van der Waals surface area contributed by atoms with Gasteiger partial charge in [0.05, 0.1) is 6.61 Å². The molecule has 3 heteroatoms. The number of thiophene rings is 1. The molecule has 0 aliphatic rings. The summed E-state index contributed by atoms with van der Waals surface area (Å²) in [5.74, 6) is 0. The third-order valence-electron chi connectivity index (χ3n) is 2.08. The van der Waals surface area contributed by atoms with E-state index in [0.717, 1.165) is 15.6 Å². The second-order valence-electron chi connectivity index (χ2n) is 3.01. The van der Waals surface area contributed by atoms with Gasteiger partial charge in [0.2, 0.25) is 0 Å². The zero-order valence-corrected chi connectivity index (χ0v) is 8.75. The summed E-state index contributed by atoms with van der Waals surface area (Å²) in [4.78, 5) is 0. The van der Waals surface area contributed by atoms with Gasteiger partial charge in [-0.25, -0.2) is 0 Å². The molecule has 0 bridgehead atoms. The summed E-state index contributed by atoms with van der Waals surface area (Å²) in [6.45, 7) is 2.10. The van der Waals surface area contributed by atoms with Gasteiger partial charge in [0.25, 0.3) is 0 Å². The zero-order chi connectivity index (χ0) is 9.42. The molecular weight excluding hydrogens is 204 g/mol. The molecule has 0 radical (unpaired) electrons. The molecule has 0 unspecified atom stereocenters. The fourth-order valence-electron chi connectivity index (χ4n) is 1.51. The first-order valence-electron chi connectivity index (χ1n) is 3.99. The Labute approximate surface area is 85.6 Å². The molecule has 1 N–H and O–H groups in total. The highest BCUT2D eigenvalue weighted by Crippen LogP contribution is 2.31. The Morgan fingerprint density at radius 1 is 1.46 bits per heavy atom. The summed E-state index contributed by atoms with van der Waals surface area (Å²) in [7, 11) is 0. The Morgan fingerprint density at radius 2 is 2.23 bits per heavy atom. The fourth-order valence-corrected chi connectivity index (χ4v) is 2.84. The van der Waals surface area contributed by atoms with Crippen molar-refractivity contribution < 1.29 is 5.11 Å². The van der Waals surface area contributed by atoms with Crippen molar-refractivity contribution in [3.05, 3.63) is 33.7 Å². The van der Waals surface area contributed by atoms with Gasteiger partial charge in [-0.3, -0.25) is 0 Å². The molecule has 0 spiro atoms. The number of fused-ring (bicyclic) bond motifs is 1. The highest BCUT2D eigenvalue weighted by atomic mass is 35.5. The van der Waals surface area contributed by atoms with E-state index in [0.29, 0.717) is 5.02 Å². The van der Waals surface area contributed by atoms with Crippen LogP contribution in [0, 0.1) is 6.92 Å². The predicted octanol–water partition coefficient (Wildman–Crippen LogP) is 3.36. The van der Waals surface area contributed by atoms with Gasteiger partial charge in [-0.05, 0) is 35.6 Å². The molecule has 2 aromatic rings. The van der Waals surface area contributed by atoms with Crippen LogP contribution in [0.2, 0.25) is 5.02 Å². The SMILES string of the molecule is Cc1csc2cc(Cl)cc(CO)c12. The topological polar surface area (TPSA) is 20.2 Å². The molecule has 1 aromatic carbocycles. The van der Waals surface area contributed by atoms with Gasteiger partial charge in [-0.1, -0.05) is 11.6 Å². The molecule has 0 fully saturated rings. The van der Waals surface area contributed by atoms with E-state index in [4.69, 9.17) is 16.7 Å². The number of aliphatic hydroxyl groups excluding tert-OH is 1. The predicted molar refractivity (Wildman–Crippen MR) is 57.5 cm³/mol. The molecule has 0 aliphatic carbocycles. The Balaban J connectivity index is 2.85. The first kappa shape index (κ1) is 9.00. The molecule has 2 rings (SSSR count). The third-order valence-corrected chi connectivity index (χ3v) is 3.34. The van der Waals surface area contributed by atoms with Gasteiger partial charge >= 0.3 is 0 Å². The summed E-state index contributed by atoms with van der Waals surface area (Å²) in [6.07, 6.45) is 0. The van der Waals surface area contributed by atoms with E-state index in [1.807, 2.05) is 19.1 Å². The Bertz CT molecular complexity index is 447. The Morgan fingerprint density at radius 3 is 2.92 bits per heavy atom. The lowest BCUT2D eigenvalue weighted by Gasteiger charge is -2.01. The largest absolute Gasteiger partial charge is 0.392 e. The summed E-state index contributed by atoms with van der Waals surface area (Å²) in [5.41, 5.74) is 2.13. The monoisotopic (exact) mass is 212 g/mol. The van der Waals surface area contributed by atoms with Crippen LogP contribution in [0.5, 0.6) is 0 Å². The number of halogens is 1. The standard InChI is InChI=1S/C10H9ClOS/c1-6-5-13-9-3-8(11)2-7(4-12)10(6)9/h2-3,5,12H,4H2,1H3. The van der Waals surface area contributed by atoms with Crippen LogP contribution in [-0.4, -0.2) is 5.11 Å². The number of aryl methyl sites for hydroxylation is 1. The minimum Gasteiger partial charge on any atom is -0.392 e. The van der Waals surface area contributed by atoms with Gasteiger partial charge in [0.15, 0.2) is 0 Å². The van der Waals surface area contributed by atoms with Crippen LogP contribution in [0.3, 0.4) is 0 Å². The van der Waals surface area contributed by atoms with E-state index in [1.165, 1.54) is 5.56 Å². The maximum absolute atomic E-state index is 9.15. The minimum absolute atomic E-state index is 0.0502. The van der Waals surface area contributed by atoms with Gasteiger partial charge < -0.3 is 5.11 Å². The van der Waals surface area contributed by atoms with Crippen LogP contribution >= 0.6 is 22.9 Å². The van der Waals surface area contributed by atoms with Crippen molar-refractivity contribution in [2.75, 3.05) is 0 Å². The Hall–Kier alpha value is -0.570. The maximum atomic E-state index is 9.15. The number of hydrogen-bond acceptors (Lipinski definition) is 2. The van der Waals surface area contributed by atoms with Crippen LogP contribution in [-0.2, 0) is 6.61 Å². The maximum Gasteiger partial charge on any atom is 0.0688 e. The van der Waals surface area contributed by atoms with E-state index in [9.17, 15) is 0 Å². The van der Waals surface area contributed by atoms with Crippen molar-refractivity contribution >= 4 is 33.0 Å². The molecule has 1 heterocycles. The molecule has 0 saturated carbocycles. The lowest BCUT2D eigenvalue weighted by molar-refractivity contribution is 0.283. The molecule has 0 saturated heterocycles. The van der Waals surface area contributed by atoms with E-state index in [-0.39, 0.29) is 6.61 Å². The van der Waals surface area contributed by atoms with Gasteiger partial charge in [0.1, 0.15) is 0 Å². The van der Waals surface area contributed by atoms with Gasteiger partial charge in [-0.15, -0.1) is 11.3 Å². The number of benzene rings is 1. The summed E-state index contributed by atoms with van der Waals surface area (Å²) in [5, 5.41) is 13.1. The first-order chi connectivity index (χ1) is 6.22. The normalized spacial score (nSPS) is 11.0. The summed E-state index contributed by atoms with van der Waals surface area (Å²) >= 11 is 7.57. The average molecular weight is 213 g/mol. The smallest absolute Gasteiger partial charge is 0.0688 e. The van der Waals surface area contributed by atoms with Crippen molar-refractivity contribution in [1.29, 1.82) is 0 Å². The van der Waals surface area contributed by atoms with Crippen molar-refractivity contribution in [3.8, 4) is 0 Å². The third kappa shape index (κ3) is 1.46. The van der Waals surface area contributed by atoms with Crippen molar-refractivity contribution in [2.24, 2.45) is 0 Å². The first-order valence-corrected chi connectivity index (χ1v) is 5.25. The van der Waals surface area contributed by atoms with Crippen molar-refractivity contribution in [1.82, 2.24) is 0 Å². The minimum atomic E-state index is 0.0502. The van der Waals surface area contributed by atoms with Gasteiger partial charge in [0, 0.05) is 15.1 Å². The van der Waals surface area contributed by atoms with E-state index in [1.54, 1.807) is 11.3 Å². The number of rotatable bonds is 1. The lowest BCUT2D eigenvalue weighted by atomic mass is 10.1. The fraction of sp³-hybridized carbons (Fsp3) is 0.200. The molecule has 1 nitrogen and oxygen atoms in total. The lowest BCUT2D eigenvalue weighted by Crippen LogP contribution is -1.84. The van der Waals surface area contributed by atoms with Gasteiger partial charge in [-0.2, -0.15) is 0 Å². The van der Waals surface area contributed by atoms with E-state index >= 15 is 0 Å². The van der Waals surface area contributed by atoms with Crippen LogP contribution < -0.4 is 0 Å². The van der Waals surface area contributed by atoms with E-state index < -0.39 is 0 Å².